The summed E-state index contributed by atoms with van der Waals surface area (Å²) < 4.78 is 22.8. The number of aryl methyl sites for hydroxylation is 1. The molecule has 40 heavy (non-hydrogen) atoms. The molecule has 3 N–H and O–H groups in total. The minimum atomic E-state index is -0.849. The highest BCUT2D eigenvalue weighted by atomic mass is 16.7. The lowest BCUT2D eigenvalue weighted by atomic mass is 9.71. The monoisotopic (exact) mass is 546 g/mol. The van der Waals surface area contributed by atoms with E-state index in [1.165, 1.54) is 6.08 Å². The number of phenolic OH excluding ortho intramolecular Hbond substituents is 1. The Kier molecular flexibility index (Phi) is 6.41. The molecule has 5 atom stereocenters. The van der Waals surface area contributed by atoms with Gasteiger partial charge in [0, 0.05) is 40.9 Å². The zero-order chi connectivity index (χ0) is 28.5. The predicted molar refractivity (Wildman–Crippen MR) is 146 cm³/mol. The molecule has 2 aromatic carbocycles. The number of aromatic hydroxyl groups is 1. The molecule has 4 aliphatic heterocycles. The molecule has 0 saturated carbocycles. The van der Waals surface area contributed by atoms with E-state index in [0.717, 1.165) is 33.4 Å². The van der Waals surface area contributed by atoms with E-state index in [0.29, 0.717) is 41.4 Å². The first-order chi connectivity index (χ1) is 19.2. The molecule has 0 amide bonds. The summed E-state index contributed by atoms with van der Waals surface area (Å²) >= 11 is 0. The first-order valence-electron chi connectivity index (χ1n) is 13.5. The highest BCUT2D eigenvalue weighted by Crippen LogP contribution is 2.57. The molecule has 0 aromatic heterocycles. The molecule has 6 rings (SSSR count). The molecule has 210 valence electrons. The maximum atomic E-state index is 12.7. The van der Waals surface area contributed by atoms with Crippen molar-refractivity contribution in [3.8, 4) is 29.1 Å². The summed E-state index contributed by atoms with van der Waals surface area (Å²) in [5, 5.41) is 22.0. The summed E-state index contributed by atoms with van der Waals surface area (Å²) in [5.74, 6) is 1.72. The van der Waals surface area contributed by atoms with Gasteiger partial charge in [-0.25, -0.2) is 4.79 Å². The molecule has 1 fully saturated rings. The van der Waals surface area contributed by atoms with Crippen LogP contribution in [-0.4, -0.2) is 66.2 Å². The maximum Gasteiger partial charge on any atom is 0.514 e. The third kappa shape index (κ3) is 3.61. The van der Waals surface area contributed by atoms with E-state index >= 15 is 0 Å². The van der Waals surface area contributed by atoms with Crippen molar-refractivity contribution in [2.75, 3.05) is 27.0 Å². The van der Waals surface area contributed by atoms with Gasteiger partial charge in [0.15, 0.2) is 11.5 Å². The van der Waals surface area contributed by atoms with E-state index in [2.05, 4.69) is 28.5 Å². The summed E-state index contributed by atoms with van der Waals surface area (Å²) in [6.45, 7) is 9.59. The molecule has 0 radical (unpaired) electrons. The number of rotatable bonds is 4. The van der Waals surface area contributed by atoms with Gasteiger partial charge in [0.05, 0.1) is 18.2 Å². The van der Waals surface area contributed by atoms with Crippen molar-refractivity contribution in [1.29, 1.82) is 5.26 Å². The molecule has 10 heteroatoms. The van der Waals surface area contributed by atoms with Crippen LogP contribution in [0.4, 0.5) is 4.79 Å². The lowest BCUT2D eigenvalue weighted by Gasteiger charge is -2.60. The Bertz CT molecular complexity index is 1470. The summed E-state index contributed by atoms with van der Waals surface area (Å²) in [4.78, 5) is 17.1. The number of hydrogen-bond donors (Lipinski definition) is 2. The van der Waals surface area contributed by atoms with Gasteiger partial charge in [0.2, 0.25) is 6.79 Å². The van der Waals surface area contributed by atoms with Crippen molar-refractivity contribution in [2.45, 2.75) is 63.8 Å². The Morgan fingerprint density at radius 3 is 2.67 bits per heavy atom. The van der Waals surface area contributed by atoms with Crippen molar-refractivity contribution in [1.82, 2.24) is 9.80 Å². The van der Waals surface area contributed by atoms with Crippen LogP contribution in [0.15, 0.2) is 18.7 Å². The van der Waals surface area contributed by atoms with Crippen LogP contribution in [0.5, 0.6) is 23.0 Å². The molecule has 4 aliphatic rings. The SMILES string of the molecule is C=CCOC(=O)Oc1c(C)c2c(c3c1CC1[C@H]4c5c(cc(C)c(C)c5O)C[C@@H]([C@H](C#N)N1[C@H]3CN)N4C)OCO2. The molecule has 0 aliphatic carbocycles. The Labute approximate surface area is 233 Å². The Balaban J connectivity index is 1.57. The zero-order valence-corrected chi connectivity index (χ0v) is 23.2. The number of fused-ring (bicyclic) bond motifs is 9. The van der Waals surface area contributed by atoms with E-state index < -0.39 is 18.2 Å². The molecule has 10 nitrogen and oxygen atoms in total. The molecule has 1 unspecified atom stereocenters. The summed E-state index contributed by atoms with van der Waals surface area (Å²) in [7, 11) is 2.02. The van der Waals surface area contributed by atoms with E-state index in [1.807, 2.05) is 27.8 Å². The Hall–Kier alpha value is -3.78. The number of carbonyl (C=O) groups is 1. The summed E-state index contributed by atoms with van der Waals surface area (Å²) in [5.41, 5.74) is 12.5. The summed E-state index contributed by atoms with van der Waals surface area (Å²) in [6.07, 6.45) is 1.69. The van der Waals surface area contributed by atoms with Gasteiger partial charge in [-0.2, -0.15) is 5.26 Å². The minimum absolute atomic E-state index is 0.0133. The third-order valence-corrected chi connectivity index (χ3v) is 9.16. The van der Waals surface area contributed by atoms with Crippen LogP contribution in [0.1, 0.15) is 51.0 Å². The number of nitrogens with two attached hydrogens (primary N) is 1. The van der Waals surface area contributed by atoms with Gasteiger partial charge in [-0.1, -0.05) is 18.7 Å². The second-order valence-corrected chi connectivity index (χ2v) is 11.0. The highest BCUT2D eigenvalue weighted by Gasteiger charge is 2.56. The summed E-state index contributed by atoms with van der Waals surface area (Å²) in [6, 6.07) is 3.29. The van der Waals surface area contributed by atoms with Gasteiger partial charge >= 0.3 is 6.16 Å². The van der Waals surface area contributed by atoms with Crippen molar-refractivity contribution in [2.24, 2.45) is 5.73 Å². The number of nitriles is 1. The van der Waals surface area contributed by atoms with E-state index in [1.54, 1.807) is 0 Å². The molecular formula is C30H34N4O6. The fourth-order valence-electron chi connectivity index (χ4n) is 7.30. The number of phenols is 1. The predicted octanol–water partition coefficient (Wildman–Crippen LogP) is 3.48. The number of carbonyl (C=O) groups excluding carboxylic acids is 1. The van der Waals surface area contributed by atoms with Crippen LogP contribution in [0.3, 0.4) is 0 Å². The number of ether oxygens (including phenoxy) is 4. The lowest BCUT2D eigenvalue weighted by molar-refractivity contribution is -0.0709. The van der Waals surface area contributed by atoms with Gasteiger partial charge < -0.3 is 29.8 Å². The fourth-order valence-corrected chi connectivity index (χ4v) is 7.30. The van der Waals surface area contributed by atoms with Gasteiger partial charge in [0.1, 0.15) is 24.1 Å². The van der Waals surface area contributed by atoms with E-state index in [-0.39, 0.29) is 38.1 Å². The van der Waals surface area contributed by atoms with Gasteiger partial charge in [-0.3, -0.25) is 9.80 Å². The number of hydrogen-bond acceptors (Lipinski definition) is 10. The van der Waals surface area contributed by atoms with Gasteiger partial charge in [0.25, 0.3) is 0 Å². The van der Waals surface area contributed by atoms with Crippen LogP contribution in [0.25, 0.3) is 0 Å². The van der Waals surface area contributed by atoms with Crippen molar-refractivity contribution in [3.05, 3.63) is 57.7 Å². The van der Waals surface area contributed by atoms with Crippen molar-refractivity contribution in [3.63, 3.8) is 0 Å². The van der Waals surface area contributed by atoms with E-state index in [9.17, 15) is 15.2 Å². The van der Waals surface area contributed by atoms with Crippen LogP contribution in [0, 0.1) is 32.1 Å². The van der Waals surface area contributed by atoms with Crippen LogP contribution < -0.4 is 19.9 Å². The smallest absolute Gasteiger partial charge is 0.507 e. The van der Waals surface area contributed by atoms with Crippen LogP contribution in [0.2, 0.25) is 0 Å². The second kappa shape index (κ2) is 9.70. The largest absolute Gasteiger partial charge is 0.514 e. The fraction of sp³-hybridized carbons (Fsp3) is 0.467. The van der Waals surface area contributed by atoms with Crippen LogP contribution in [-0.2, 0) is 17.6 Å². The first-order valence-corrected chi connectivity index (χ1v) is 13.5. The standard InChI is InChI=1S/C30H34N4O6/c1-6-7-37-30(36)40-27-16(4)28-29(39-13-38-28)24-18(27)10-20-25-23-17(8-14(2)15(3)26(23)35)9-19(33(25)5)21(11-31)34(20)22(24)12-32/h6,8,19-22,25,35H,1,7,9-10,12-13,32H2,2-5H3/t19-,20?,21-,22-,25-/m0/s1. The van der Waals surface area contributed by atoms with Gasteiger partial charge in [-0.05, 0) is 57.4 Å². The van der Waals surface area contributed by atoms with Crippen molar-refractivity contribution < 1.29 is 28.8 Å². The average molecular weight is 547 g/mol. The quantitative estimate of drug-likeness (QED) is 0.334. The van der Waals surface area contributed by atoms with Crippen molar-refractivity contribution >= 4 is 6.16 Å². The molecule has 2 bridgehead atoms. The molecule has 2 aromatic rings. The zero-order valence-electron chi connectivity index (χ0n) is 23.2. The van der Waals surface area contributed by atoms with Crippen LogP contribution >= 0.6 is 0 Å². The first kappa shape index (κ1) is 26.4. The minimum Gasteiger partial charge on any atom is -0.507 e. The topological polar surface area (TPSA) is 131 Å². The highest BCUT2D eigenvalue weighted by molar-refractivity contribution is 5.72. The van der Waals surface area contributed by atoms with E-state index in [4.69, 9.17) is 24.7 Å². The number of likely N-dealkylation sites (N-methyl/N-ethyl adjacent to an activating group) is 1. The number of nitrogens with zero attached hydrogens (tertiary/aromatic N) is 3. The molecule has 1 saturated heterocycles. The average Bonchev–Trinajstić information content (AvgIpc) is 3.43. The normalized spacial score (nSPS) is 26.2. The number of benzene rings is 2. The Morgan fingerprint density at radius 2 is 1.98 bits per heavy atom. The lowest BCUT2D eigenvalue weighted by Crippen LogP contribution is -2.68. The molecular weight excluding hydrogens is 512 g/mol. The molecule has 0 spiro atoms. The maximum absolute atomic E-state index is 12.7. The Morgan fingerprint density at radius 1 is 1.23 bits per heavy atom. The third-order valence-electron chi connectivity index (χ3n) is 9.16. The van der Waals surface area contributed by atoms with Gasteiger partial charge in [-0.15, -0.1) is 0 Å². The molecule has 4 heterocycles. The number of piperazine rings is 1. The second-order valence-electron chi connectivity index (χ2n) is 11.0.